The van der Waals surface area contributed by atoms with Gasteiger partial charge in [-0.25, -0.2) is 0 Å². The van der Waals surface area contributed by atoms with Gasteiger partial charge in [0, 0.05) is 16.7 Å². The summed E-state index contributed by atoms with van der Waals surface area (Å²) in [6.07, 6.45) is 0. The Morgan fingerprint density at radius 3 is 1.09 bits per heavy atom. The summed E-state index contributed by atoms with van der Waals surface area (Å²) in [5.41, 5.74) is 5.22. The summed E-state index contributed by atoms with van der Waals surface area (Å²) >= 11 is 0. The van der Waals surface area contributed by atoms with Crippen LogP contribution < -0.4 is 5.73 Å². The van der Waals surface area contributed by atoms with Gasteiger partial charge in [0.15, 0.2) is 5.78 Å². The highest BCUT2D eigenvalue weighted by Gasteiger charge is 2.29. The van der Waals surface area contributed by atoms with E-state index in [0.29, 0.717) is 11.7 Å². The smallest absolute Gasteiger partial charge is 0.155 e. The first kappa shape index (κ1) is 27.2. The quantitative estimate of drug-likeness (QED) is 0.779. The maximum Gasteiger partial charge on any atom is 0.155 e. The van der Waals surface area contributed by atoms with Crippen molar-refractivity contribution >= 4 is 11.6 Å². The number of Topliss-reactive ketones (excluding diaryl/α,β-unsaturated/α-hetero) is 2. The van der Waals surface area contributed by atoms with Gasteiger partial charge in [-0.2, -0.15) is 0 Å². The minimum Gasteiger partial charge on any atom is -0.321 e. The second-order valence-electron chi connectivity index (χ2n) is 9.03. The Hall–Kier alpha value is -0.700. The topological polar surface area (TPSA) is 60.2 Å². The first-order valence-corrected chi connectivity index (χ1v) is 8.37. The molecule has 0 amide bonds. The van der Waals surface area contributed by atoms with Gasteiger partial charge in [-0.15, -0.1) is 0 Å². The first-order valence-electron chi connectivity index (χ1n) is 8.37. The number of hydrogen-bond donors (Lipinski definition) is 1. The molecule has 0 aliphatic heterocycles. The Morgan fingerprint density at radius 1 is 0.696 bits per heavy atom. The van der Waals surface area contributed by atoms with E-state index in [1.807, 2.05) is 62.3 Å². The molecule has 23 heavy (non-hydrogen) atoms. The predicted molar refractivity (Wildman–Crippen MR) is 102 cm³/mol. The van der Waals surface area contributed by atoms with Crippen LogP contribution in [0.4, 0.5) is 0 Å². The van der Waals surface area contributed by atoms with E-state index in [1.54, 1.807) is 0 Å². The van der Waals surface area contributed by atoms with Gasteiger partial charge >= 0.3 is 0 Å². The minimum atomic E-state index is -0.310. The molecular weight excluding hydrogens is 286 g/mol. The molecule has 0 radical (unpaired) electrons. The number of ketones is 2. The maximum atomic E-state index is 11.6. The van der Waals surface area contributed by atoms with Crippen molar-refractivity contribution in [3.05, 3.63) is 0 Å². The molecule has 2 atom stereocenters. The molecule has 0 aliphatic carbocycles. The highest BCUT2D eigenvalue weighted by Crippen LogP contribution is 2.24. The van der Waals surface area contributed by atoms with Crippen molar-refractivity contribution in [3.8, 4) is 0 Å². The molecule has 0 aromatic carbocycles. The fourth-order valence-electron chi connectivity index (χ4n) is 1.79. The Bertz CT molecular complexity index is 321. The Kier molecular flexibility index (Phi) is 12.1. The maximum absolute atomic E-state index is 11.6. The first-order chi connectivity index (χ1) is 9.53. The van der Waals surface area contributed by atoms with Gasteiger partial charge in [-0.3, -0.25) is 9.59 Å². The molecule has 0 aromatic rings. The Balaban J connectivity index is -0.000000333. The van der Waals surface area contributed by atoms with E-state index in [9.17, 15) is 9.59 Å². The van der Waals surface area contributed by atoms with Crippen LogP contribution in [0.3, 0.4) is 0 Å². The largest absolute Gasteiger partial charge is 0.321 e. The van der Waals surface area contributed by atoms with E-state index < -0.39 is 0 Å². The third-order valence-electron chi connectivity index (χ3n) is 3.91. The van der Waals surface area contributed by atoms with Crippen molar-refractivity contribution < 1.29 is 9.59 Å². The van der Waals surface area contributed by atoms with Crippen molar-refractivity contribution in [2.45, 2.75) is 89.6 Å². The van der Waals surface area contributed by atoms with Crippen molar-refractivity contribution in [3.63, 3.8) is 0 Å². The van der Waals surface area contributed by atoms with Gasteiger partial charge in [0.2, 0.25) is 0 Å². The number of rotatable bonds is 4. The van der Waals surface area contributed by atoms with Crippen LogP contribution >= 0.6 is 0 Å². The molecule has 0 aliphatic rings. The molecule has 0 saturated carbocycles. The van der Waals surface area contributed by atoms with Crippen LogP contribution in [0, 0.1) is 28.6 Å². The lowest BCUT2D eigenvalue weighted by atomic mass is 9.79. The van der Waals surface area contributed by atoms with Crippen molar-refractivity contribution in [2.24, 2.45) is 34.3 Å². The normalized spacial score (nSPS) is 14.5. The Labute approximate surface area is 145 Å². The summed E-state index contributed by atoms with van der Waals surface area (Å²) < 4.78 is 0. The zero-order chi connectivity index (χ0) is 18.5. The van der Waals surface area contributed by atoms with Crippen LogP contribution in [0.25, 0.3) is 0 Å². The van der Waals surface area contributed by atoms with Crippen LogP contribution in [0.5, 0.6) is 0 Å². The molecule has 0 heterocycles. The molecule has 0 rings (SSSR count). The van der Waals surface area contributed by atoms with Crippen molar-refractivity contribution in [1.29, 1.82) is 0 Å². The van der Waals surface area contributed by atoms with E-state index in [0.717, 1.165) is 0 Å². The molecule has 2 N–H and O–H groups in total. The zero-order valence-electron chi connectivity index (χ0n) is 16.7. The second-order valence-corrected chi connectivity index (χ2v) is 9.03. The lowest BCUT2D eigenvalue weighted by Crippen LogP contribution is -2.42. The van der Waals surface area contributed by atoms with Crippen LogP contribution in [0.2, 0.25) is 0 Å². The average molecular weight is 330 g/mol. The SMILES string of the molecule is C.CC(C)C(C)C(=O)C(C)(C)C.CC(C)C(N)C(=O)C(C)(C)C. The molecular formula is C20H43NO2. The zero-order valence-corrected chi connectivity index (χ0v) is 16.7. The van der Waals surface area contributed by atoms with Gasteiger partial charge in [0.1, 0.15) is 5.78 Å². The molecule has 140 valence electrons. The summed E-state index contributed by atoms with van der Waals surface area (Å²) in [6, 6.07) is -0.310. The molecule has 2 unspecified atom stereocenters. The summed E-state index contributed by atoms with van der Waals surface area (Å²) in [5, 5.41) is 0. The number of hydrogen-bond acceptors (Lipinski definition) is 3. The molecule has 0 saturated heterocycles. The van der Waals surface area contributed by atoms with Crippen LogP contribution in [-0.2, 0) is 9.59 Å². The average Bonchev–Trinajstić information content (AvgIpc) is 2.33. The highest BCUT2D eigenvalue weighted by molar-refractivity contribution is 5.88. The fraction of sp³-hybridized carbons (Fsp3) is 0.900. The van der Waals surface area contributed by atoms with Crippen molar-refractivity contribution in [1.82, 2.24) is 0 Å². The molecule has 0 aromatic heterocycles. The standard InChI is InChI=1S/C10H20O.C9H19NO.CH4/c1-7(2)8(3)9(11)10(4,5)6;1-6(2)7(10)8(11)9(3,4)5;/h7-8H,1-6H3;6-7H,10H2,1-5H3;1H4. The third kappa shape index (κ3) is 10.6. The summed E-state index contributed by atoms with van der Waals surface area (Å²) in [4.78, 5) is 23.1. The monoisotopic (exact) mass is 329 g/mol. The number of nitrogens with two attached hydrogens (primary N) is 1. The van der Waals surface area contributed by atoms with Gasteiger partial charge in [0.25, 0.3) is 0 Å². The molecule has 3 nitrogen and oxygen atoms in total. The molecule has 3 heteroatoms. The molecule has 0 spiro atoms. The van der Waals surface area contributed by atoms with Crippen molar-refractivity contribution in [2.75, 3.05) is 0 Å². The minimum absolute atomic E-state index is 0. The molecule has 0 bridgehead atoms. The Morgan fingerprint density at radius 2 is 1.00 bits per heavy atom. The van der Waals surface area contributed by atoms with E-state index >= 15 is 0 Å². The van der Waals surface area contributed by atoms with E-state index in [-0.39, 0.29) is 41.9 Å². The number of carbonyl (C=O) groups is 2. The number of carbonyl (C=O) groups excluding carboxylic acids is 2. The summed E-state index contributed by atoms with van der Waals surface area (Å²) in [7, 11) is 0. The van der Waals surface area contributed by atoms with Gasteiger partial charge < -0.3 is 5.73 Å². The van der Waals surface area contributed by atoms with Gasteiger partial charge in [-0.05, 0) is 11.8 Å². The van der Waals surface area contributed by atoms with Crippen LogP contribution in [-0.4, -0.2) is 17.6 Å². The second kappa shape index (κ2) is 10.2. The van der Waals surface area contributed by atoms with Gasteiger partial charge in [0.05, 0.1) is 6.04 Å². The third-order valence-corrected chi connectivity index (χ3v) is 3.91. The lowest BCUT2D eigenvalue weighted by molar-refractivity contribution is -0.131. The van der Waals surface area contributed by atoms with E-state index in [2.05, 4.69) is 13.8 Å². The summed E-state index contributed by atoms with van der Waals surface area (Å²) in [5.74, 6) is 1.40. The predicted octanol–water partition coefficient (Wildman–Crippen LogP) is 5.11. The molecule has 0 fully saturated rings. The highest BCUT2D eigenvalue weighted by atomic mass is 16.1. The lowest BCUT2D eigenvalue weighted by Gasteiger charge is -2.24. The van der Waals surface area contributed by atoms with Crippen LogP contribution in [0.1, 0.15) is 83.6 Å². The van der Waals surface area contributed by atoms with Gasteiger partial charge in [-0.1, -0.05) is 83.6 Å². The summed E-state index contributed by atoms with van der Waals surface area (Å²) in [6.45, 7) is 21.8. The van der Waals surface area contributed by atoms with Crippen LogP contribution in [0.15, 0.2) is 0 Å². The van der Waals surface area contributed by atoms with E-state index in [1.165, 1.54) is 0 Å². The van der Waals surface area contributed by atoms with E-state index in [4.69, 9.17) is 5.73 Å². The fourth-order valence-corrected chi connectivity index (χ4v) is 1.79.